The first-order valence-corrected chi connectivity index (χ1v) is 7.05. The monoisotopic (exact) mass is 282 g/mol. The minimum atomic E-state index is -0.825. The molecule has 0 aliphatic heterocycles. The molecule has 1 aromatic rings. The van der Waals surface area contributed by atoms with E-state index in [1.807, 2.05) is 18.7 Å². The molecule has 0 radical (unpaired) electrons. The Morgan fingerprint density at radius 3 is 2.50 bits per heavy atom. The smallest absolute Gasteiger partial charge is 0.320 e. The molecule has 0 amide bonds. The third-order valence-electron chi connectivity index (χ3n) is 3.20. The highest BCUT2D eigenvalue weighted by molar-refractivity contribution is 5.73. The van der Waals surface area contributed by atoms with Crippen molar-refractivity contribution in [3.63, 3.8) is 0 Å². The van der Waals surface area contributed by atoms with E-state index >= 15 is 0 Å². The first-order chi connectivity index (χ1) is 9.58. The van der Waals surface area contributed by atoms with Gasteiger partial charge in [0.25, 0.3) is 0 Å². The van der Waals surface area contributed by atoms with Crippen LogP contribution in [0.4, 0.5) is 10.1 Å². The predicted molar refractivity (Wildman–Crippen MR) is 78.6 cm³/mol. The van der Waals surface area contributed by atoms with Crippen LogP contribution in [0.5, 0.6) is 0 Å². The fraction of sp³-hybridized carbons (Fsp3) is 0.533. The molecule has 4 nitrogen and oxygen atoms in total. The highest BCUT2D eigenvalue weighted by Gasteiger charge is 2.17. The molecule has 0 aromatic heterocycles. The van der Waals surface area contributed by atoms with Crippen molar-refractivity contribution < 1.29 is 14.3 Å². The summed E-state index contributed by atoms with van der Waals surface area (Å²) < 4.78 is 12.9. The second kappa shape index (κ2) is 8.53. The summed E-state index contributed by atoms with van der Waals surface area (Å²) in [7, 11) is 0. The summed E-state index contributed by atoms with van der Waals surface area (Å²) in [4.78, 5) is 13.2. The van der Waals surface area contributed by atoms with Gasteiger partial charge in [0.15, 0.2) is 0 Å². The van der Waals surface area contributed by atoms with Crippen molar-refractivity contribution in [3.8, 4) is 0 Å². The van der Waals surface area contributed by atoms with E-state index in [4.69, 9.17) is 5.11 Å². The number of nitrogens with one attached hydrogen (secondary N) is 1. The maximum absolute atomic E-state index is 12.9. The lowest BCUT2D eigenvalue weighted by Crippen LogP contribution is -2.40. The van der Waals surface area contributed by atoms with Crippen molar-refractivity contribution >= 4 is 11.7 Å². The van der Waals surface area contributed by atoms with Crippen molar-refractivity contribution in [3.05, 3.63) is 30.1 Å². The third-order valence-corrected chi connectivity index (χ3v) is 3.20. The summed E-state index contributed by atoms with van der Waals surface area (Å²) in [5, 5.41) is 12.2. The highest BCUT2D eigenvalue weighted by atomic mass is 19.1. The van der Waals surface area contributed by atoms with Gasteiger partial charge >= 0.3 is 5.97 Å². The molecule has 0 spiro atoms. The van der Waals surface area contributed by atoms with E-state index in [2.05, 4.69) is 5.32 Å². The van der Waals surface area contributed by atoms with Gasteiger partial charge in [-0.05, 0) is 50.6 Å². The van der Waals surface area contributed by atoms with Gasteiger partial charge < -0.3 is 15.3 Å². The molecule has 0 bridgehead atoms. The molecule has 0 aliphatic carbocycles. The maximum Gasteiger partial charge on any atom is 0.320 e. The minimum absolute atomic E-state index is 0.266. The van der Waals surface area contributed by atoms with Gasteiger partial charge in [-0.15, -0.1) is 0 Å². The van der Waals surface area contributed by atoms with Crippen molar-refractivity contribution in [2.75, 3.05) is 24.5 Å². The Hall–Kier alpha value is -1.62. The molecule has 20 heavy (non-hydrogen) atoms. The number of carboxylic acid groups (broad SMARTS) is 1. The van der Waals surface area contributed by atoms with E-state index in [0.717, 1.165) is 18.7 Å². The Morgan fingerprint density at radius 1 is 1.35 bits per heavy atom. The molecule has 1 rings (SSSR count). The highest BCUT2D eigenvalue weighted by Crippen LogP contribution is 2.15. The largest absolute Gasteiger partial charge is 0.480 e. The molecule has 112 valence electrons. The normalized spacial score (nSPS) is 12.2. The van der Waals surface area contributed by atoms with Crippen molar-refractivity contribution in [2.45, 2.75) is 32.7 Å². The average molecular weight is 282 g/mol. The topological polar surface area (TPSA) is 52.6 Å². The van der Waals surface area contributed by atoms with Crippen LogP contribution in [-0.2, 0) is 4.79 Å². The summed E-state index contributed by atoms with van der Waals surface area (Å²) in [5.41, 5.74) is 0.911. The Kier molecular flexibility index (Phi) is 7.01. The maximum atomic E-state index is 12.9. The lowest BCUT2D eigenvalue weighted by molar-refractivity contribution is -0.139. The Balaban J connectivity index is 2.58. The lowest BCUT2D eigenvalue weighted by Gasteiger charge is -2.25. The molecule has 0 heterocycles. The summed E-state index contributed by atoms with van der Waals surface area (Å²) in [6.07, 6.45) is 1.42. The van der Waals surface area contributed by atoms with Gasteiger partial charge in [-0.1, -0.05) is 6.92 Å². The number of carboxylic acids is 1. The first kappa shape index (κ1) is 16.4. The Morgan fingerprint density at radius 2 is 2.00 bits per heavy atom. The third kappa shape index (κ3) is 5.17. The van der Waals surface area contributed by atoms with Crippen LogP contribution in [0.2, 0.25) is 0 Å². The lowest BCUT2D eigenvalue weighted by atomic mass is 10.1. The quantitative estimate of drug-likeness (QED) is 0.730. The number of carbonyl (C=O) groups is 1. The van der Waals surface area contributed by atoms with Crippen LogP contribution in [0, 0.1) is 5.82 Å². The van der Waals surface area contributed by atoms with Crippen LogP contribution in [0.1, 0.15) is 26.7 Å². The minimum Gasteiger partial charge on any atom is -0.480 e. The molecular formula is C15H23FN2O2. The number of aliphatic carboxylic acids is 1. The van der Waals surface area contributed by atoms with Gasteiger partial charge in [0.2, 0.25) is 0 Å². The number of benzene rings is 1. The van der Waals surface area contributed by atoms with Crippen molar-refractivity contribution in [1.82, 2.24) is 5.32 Å². The van der Waals surface area contributed by atoms with Gasteiger partial charge in [0.1, 0.15) is 11.9 Å². The number of halogens is 1. The zero-order valence-electron chi connectivity index (χ0n) is 12.1. The van der Waals surface area contributed by atoms with Gasteiger partial charge in [0, 0.05) is 18.8 Å². The van der Waals surface area contributed by atoms with Crippen LogP contribution >= 0.6 is 0 Å². The van der Waals surface area contributed by atoms with E-state index in [1.54, 1.807) is 12.1 Å². The van der Waals surface area contributed by atoms with Crippen LogP contribution in [-0.4, -0.2) is 36.8 Å². The number of rotatable bonds is 9. The number of nitrogens with zero attached hydrogens (tertiary/aromatic N) is 1. The van der Waals surface area contributed by atoms with E-state index in [9.17, 15) is 9.18 Å². The zero-order chi connectivity index (χ0) is 15.0. The molecule has 0 fully saturated rings. The van der Waals surface area contributed by atoms with Crippen LogP contribution in [0.15, 0.2) is 24.3 Å². The van der Waals surface area contributed by atoms with E-state index in [0.29, 0.717) is 19.5 Å². The molecule has 1 unspecified atom stereocenters. The molecule has 1 aromatic carbocycles. The van der Waals surface area contributed by atoms with E-state index < -0.39 is 12.0 Å². The zero-order valence-corrected chi connectivity index (χ0v) is 12.1. The standard InChI is InChI=1S/C15H23FN2O2/c1-3-10-17-14(15(19)20)9-11-18(4-2)13-7-5-12(16)6-8-13/h5-8,14,17H,3-4,9-11H2,1-2H3,(H,19,20). The molecule has 0 aliphatic rings. The van der Waals surface area contributed by atoms with Crippen LogP contribution in [0.25, 0.3) is 0 Å². The molecule has 1 atom stereocenters. The van der Waals surface area contributed by atoms with Crippen molar-refractivity contribution in [1.29, 1.82) is 0 Å². The van der Waals surface area contributed by atoms with E-state index in [1.165, 1.54) is 12.1 Å². The number of hydrogen-bond donors (Lipinski definition) is 2. The summed E-state index contributed by atoms with van der Waals surface area (Å²) in [6.45, 7) is 6.07. The molecule has 0 saturated carbocycles. The fourth-order valence-corrected chi connectivity index (χ4v) is 2.04. The Bertz CT molecular complexity index is 409. The van der Waals surface area contributed by atoms with Gasteiger partial charge in [0.05, 0.1) is 0 Å². The number of hydrogen-bond acceptors (Lipinski definition) is 3. The van der Waals surface area contributed by atoms with Gasteiger partial charge in [-0.25, -0.2) is 4.39 Å². The van der Waals surface area contributed by atoms with Crippen LogP contribution in [0.3, 0.4) is 0 Å². The fourth-order valence-electron chi connectivity index (χ4n) is 2.04. The number of anilines is 1. The van der Waals surface area contributed by atoms with Crippen LogP contribution < -0.4 is 10.2 Å². The molecule has 5 heteroatoms. The second-order valence-electron chi connectivity index (χ2n) is 4.69. The molecule has 0 saturated heterocycles. The molecule has 2 N–H and O–H groups in total. The van der Waals surface area contributed by atoms with Crippen molar-refractivity contribution in [2.24, 2.45) is 0 Å². The summed E-state index contributed by atoms with van der Waals surface area (Å²) in [6, 6.07) is 5.73. The first-order valence-electron chi connectivity index (χ1n) is 7.05. The molecular weight excluding hydrogens is 259 g/mol. The predicted octanol–water partition coefficient (Wildman–Crippen LogP) is 2.49. The van der Waals surface area contributed by atoms with E-state index in [-0.39, 0.29) is 5.82 Å². The average Bonchev–Trinajstić information content (AvgIpc) is 2.44. The van der Waals surface area contributed by atoms with Gasteiger partial charge in [-0.3, -0.25) is 4.79 Å². The summed E-state index contributed by atoms with van der Waals surface area (Å²) >= 11 is 0. The SMILES string of the molecule is CCCNC(CCN(CC)c1ccc(F)cc1)C(=O)O. The second-order valence-corrected chi connectivity index (χ2v) is 4.69. The van der Waals surface area contributed by atoms with Gasteiger partial charge in [-0.2, -0.15) is 0 Å². The Labute approximate surface area is 119 Å². The summed E-state index contributed by atoms with van der Waals surface area (Å²) in [5.74, 6) is -1.09.